The number of hydrogen-bond acceptors (Lipinski definition) is 1. The van der Waals surface area contributed by atoms with E-state index in [9.17, 15) is 5.11 Å². The molecular weight excluding hydrogens is 222 g/mol. The first-order chi connectivity index (χ1) is 8.41. The Labute approximate surface area is 109 Å². The molecule has 1 aromatic heterocycles. The standard InChI is InChI=1S/C16H21NO/c1-10(2)16-14-9-15(18)12(5)8-13(14)6-7-17(16)11(3)4/h6-11H,1-5H3/p+1. The summed E-state index contributed by atoms with van der Waals surface area (Å²) in [6.45, 7) is 10.7. The van der Waals surface area contributed by atoms with Crippen molar-refractivity contribution in [2.75, 3.05) is 0 Å². The highest BCUT2D eigenvalue weighted by Crippen LogP contribution is 2.29. The van der Waals surface area contributed by atoms with Crippen LogP contribution in [-0.4, -0.2) is 5.11 Å². The van der Waals surface area contributed by atoms with Gasteiger partial charge in [0.2, 0.25) is 0 Å². The van der Waals surface area contributed by atoms with E-state index in [0.29, 0.717) is 17.7 Å². The summed E-state index contributed by atoms with van der Waals surface area (Å²) in [5.74, 6) is 0.809. The molecule has 0 atom stereocenters. The van der Waals surface area contributed by atoms with Crippen molar-refractivity contribution in [3.05, 3.63) is 35.7 Å². The fraction of sp³-hybridized carbons (Fsp3) is 0.438. The summed E-state index contributed by atoms with van der Waals surface area (Å²) < 4.78 is 2.29. The van der Waals surface area contributed by atoms with E-state index in [1.807, 2.05) is 13.0 Å². The summed E-state index contributed by atoms with van der Waals surface area (Å²) in [6, 6.07) is 6.52. The summed E-state index contributed by atoms with van der Waals surface area (Å²) in [4.78, 5) is 0. The van der Waals surface area contributed by atoms with Crippen molar-refractivity contribution in [1.29, 1.82) is 0 Å². The van der Waals surface area contributed by atoms with Gasteiger partial charge in [0, 0.05) is 12.0 Å². The van der Waals surface area contributed by atoms with E-state index < -0.39 is 0 Å². The summed E-state index contributed by atoms with van der Waals surface area (Å²) in [6.07, 6.45) is 2.15. The number of benzene rings is 1. The quantitative estimate of drug-likeness (QED) is 0.797. The van der Waals surface area contributed by atoms with E-state index in [4.69, 9.17) is 0 Å². The molecule has 2 aromatic rings. The fourth-order valence-electron chi connectivity index (χ4n) is 2.52. The number of pyridine rings is 1. The largest absolute Gasteiger partial charge is 0.508 e. The van der Waals surface area contributed by atoms with Crippen molar-refractivity contribution in [3.8, 4) is 5.75 Å². The molecule has 2 heteroatoms. The lowest BCUT2D eigenvalue weighted by atomic mass is 9.99. The monoisotopic (exact) mass is 244 g/mol. The molecule has 1 N–H and O–H groups in total. The molecule has 0 radical (unpaired) electrons. The van der Waals surface area contributed by atoms with Crippen molar-refractivity contribution >= 4 is 10.8 Å². The zero-order valence-corrected chi connectivity index (χ0v) is 11.9. The summed E-state index contributed by atoms with van der Waals surface area (Å²) in [5, 5.41) is 12.3. The lowest BCUT2D eigenvalue weighted by Gasteiger charge is -2.13. The topological polar surface area (TPSA) is 24.1 Å². The van der Waals surface area contributed by atoms with Gasteiger partial charge < -0.3 is 5.11 Å². The average Bonchev–Trinajstić information content (AvgIpc) is 2.28. The van der Waals surface area contributed by atoms with E-state index >= 15 is 0 Å². The third kappa shape index (κ3) is 2.07. The van der Waals surface area contributed by atoms with Crippen LogP contribution in [0.15, 0.2) is 24.4 Å². The zero-order chi connectivity index (χ0) is 13.4. The van der Waals surface area contributed by atoms with Gasteiger partial charge in [0.25, 0.3) is 0 Å². The minimum Gasteiger partial charge on any atom is -0.508 e. The maximum absolute atomic E-state index is 9.94. The van der Waals surface area contributed by atoms with Crippen LogP contribution in [0.25, 0.3) is 10.8 Å². The van der Waals surface area contributed by atoms with Gasteiger partial charge >= 0.3 is 0 Å². The highest BCUT2D eigenvalue weighted by Gasteiger charge is 2.21. The Morgan fingerprint density at radius 3 is 2.33 bits per heavy atom. The molecule has 1 aromatic carbocycles. The molecule has 0 saturated heterocycles. The molecular formula is C16H22NO+. The molecule has 0 fully saturated rings. The van der Waals surface area contributed by atoms with Crippen LogP contribution in [0.1, 0.15) is 50.9 Å². The molecule has 0 unspecified atom stereocenters. The van der Waals surface area contributed by atoms with Crippen LogP contribution in [0, 0.1) is 6.92 Å². The Morgan fingerprint density at radius 1 is 1.11 bits per heavy atom. The van der Waals surface area contributed by atoms with Gasteiger partial charge in [-0.1, -0.05) is 13.8 Å². The van der Waals surface area contributed by atoms with Crippen LogP contribution in [0.5, 0.6) is 5.75 Å². The average molecular weight is 244 g/mol. The number of phenols is 1. The van der Waals surface area contributed by atoms with E-state index in [-0.39, 0.29) is 0 Å². The van der Waals surface area contributed by atoms with Crippen molar-refractivity contribution in [3.63, 3.8) is 0 Å². The second kappa shape index (κ2) is 4.60. The van der Waals surface area contributed by atoms with Crippen LogP contribution in [-0.2, 0) is 0 Å². The van der Waals surface area contributed by atoms with Crippen LogP contribution in [0.2, 0.25) is 0 Å². The van der Waals surface area contributed by atoms with Gasteiger partial charge in [-0.2, -0.15) is 4.57 Å². The summed E-state index contributed by atoms with van der Waals surface area (Å²) in [7, 11) is 0. The first-order valence-corrected chi connectivity index (χ1v) is 6.59. The molecule has 0 aliphatic carbocycles. The van der Waals surface area contributed by atoms with Gasteiger partial charge in [0.15, 0.2) is 17.9 Å². The molecule has 2 rings (SSSR count). The predicted octanol–water partition coefficient (Wildman–Crippen LogP) is 3.85. The van der Waals surface area contributed by atoms with Crippen LogP contribution in [0.3, 0.4) is 0 Å². The predicted molar refractivity (Wildman–Crippen MR) is 75.0 cm³/mol. The molecule has 96 valence electrons. The maximum Gasteiger partial charge on any atom is 0.192 e. The fourth-order valence-corrected chi connectivity index (χ4v) is 2.52. The SMILES string of the molecule is Cc1cc2cc[n+](C(C)C)c(C(C)C)c2cc1O. The highest BCUT2D eigenvalue weighted by atomic mass is 16.3. The zero-order valence-electron chi connectivity index (χ0n) is 11.9. The van der Waals surface area contributed by atoms with Gasteiger partial charge in [-0.15, -0.1) is 0 Å². The highest BCUT2D eigenvalue weighted by molar-refractivity contribution is 5.86. The van der Waals surface area contributed by atoms with Crippen molar-refractivity contribution < 1.29 is 9.67 Å². The molecule has 2 nitrogen and oxygen atoms in total. The van der Waals surface area contributed by atoms with Gasteiger partial charge in [0.1, 0.15) is 5.75 Å². The Hall–Kier alpha value is -1.57. The lowest BCUT2D eigenvalue weighted by Crippen LogP contribution is -2.41. The summed E-state index contributed by atoms with van der Waals surface area (Å²) in [5.41, 5.74) is 2.22. The second-order valence-electron chi connectivity index (χ2n) is 5.58. The van der Waals surface area contributed by atoms with E-state index in [0.717, 1.165) is 10.9 Å². The third-order valence-corrected chi connectivity index (χ3v) is 3.44. The normalized spacial score (nSPS) is 11.7. The van der Waals surface area contributed by atoms with Gasteiger partial charge in [-0.3, -0.25) is 0 Å². The molecule has 0 aliphatic heterocycles. The molecule has 0 bridgehead atoms. The van der Waals surface area contributed by atoms with Crippen LogP contribution < -0.4 is 4.57 Å². The van der Waals surface area contributed by atoms with E-state index in [2.05, 4.69) is 50.6 Å². The minimum absolute atomic E-state index is 0.380. The van der Waals surface area contributed by atoms with Gasteiger partial charge in [0.05, 0.1) is 5.39 Å². The number of hydrogen-bond donors (Lipinski definition) is 1. The minimum atomic E-state index is 0.380. The number of rotatable bonds is 2. The second-order valence-corrected chi connectivity index (χ2v) is 5.58. The van der Waals surface area contributed by atoms with Gasteiger partial charge in [-0.25, -0.2) is 0 Å². The number of nitrogens with zero attached hydrogens (tertiary/aromatic N) is 1. The molecule has 18 heavy (non-hydrogen) atoms. The smallest absolute Gasteiger partial charge is 0.192 e. The Morgan fingerprint density at radius 2 is 1.78 bits per heavy atom. The molecule has 1 heterocycles. The lowest BCUT2D eigenvalue weighted by molar-refractivity contribution is -0.722. The molecule has 0 amide bonds. The molecule has 0 saturated carbocycles. The number of aryl methyl sites for hydroxylation is 1. The number of fused-ring (bicyclic) bond motifs is 1. The Balaban J connectivity index is 2.85. The van der Waals surface area contributed by atoms with Crippen LogP contribution >= 0.6 is 0 Å². The van der Waals surface area contributed by atoms with Gasteiger partial charge in [-0.05, 0) is 43.9 Å². The number of aromatic nitrogens is 1. The number of aromatic hydroxyl groups is 1. The first kappa shape index (κ1) is 12.9. The number of phenolic OH excluding ortho intramolecular Hbond substituents is 1. The molecule has 0 aliphatic rings. The third-order valence-electron chi connectivity index (χ3n) is 3.44. The van der Waals surface area contributed by atoms with E-state index in [1.54, 1.807) is 0 Å². The van der Waals surface area contributed by atoms with E-state index in [1.165, 1.54) is 11.1 Å². The maximum atomic E-state index is 9.94. The Kier molecular flexibility index (Phi) is 3.29. The first-order valence-electron chi connectivity index (χ1n) is 6.59. The Bertz CT molecular complexity index is 585. The molecule has 0 spiro atoms. The van der Waals surface area contributed by atoms with Crippen molar-refractivity contribution in [2.45, 2.75) is 46.6 Å². The van der Waals surface area contributed by atoms with Crippen molar-refractivity contribution in [2.24, 2.45) is 0 Å². The van der Waals surface area contributed by atoms with Crippen LogP contribution in [0.4, 0.5) is 0 Å². The van der Waals surface area contributed by atoms with Crippen molar-refractivity contribution in [1.82, 2.24) is 0 Å². The summed E-state index contributed by atoms with van der Waals surface area (Å²) >= 11 is 0.